The molecule has 0 aliphatic heterocycles. The van der Waals surface area contributed by atoms with Crippen LogP contribution in [0.4, 0.5) is 0 Å². The predicted molar refractivity (Wildman–Crippen MR) is 80.3 cm³/mol. The van der Waals surface area contributed by atoms with Gasteiger partial charge >= 0.3 is 12.4 Å². The summed E-state index contributed by atoms with van der Waals surface area (Å²) in [6, 6.07) is 0. The van der Waals surface area contributed by atoms with Gasteiger partial charge in [-0.1, -0.05) is 0 Å². The van der Waals surface area contributed by atoms with E-state index < -0.39 is 0 Å². The van der Waals surface area contributed by atoms with Crippen molar-refractivity contribution in [3.63, 3.8) is 0 Å². The third kappa shape index (κ3) is 4.06. The summed E-state index contributed by atoms with van der Waals surface area (Å²) in [5.74, 6) is 1.14. The van der Waals surface area contributed by atoms with Crippen LogP contribution >= 0.6 is 0 Å². The molecule has 0 saturated heterocycles. The van der Waals surface area contributed by atoms with E-state index in [1.807, 2.05) is 0 Å². The molecule has 0 aromatic rings. The molecular formula is C16H22N4O2. The lowest BCUT2D eigenvalue weighted by Crippen LogP contribution is -2.30. The van der Waals surface area contributed by atoms with Crippen LogP contribution in [0.3, 0.4) is 0 Å². The molecule has 0 radical (unpaired) electrons. The molecule has 0 unspecified atom stereocenters. The molecule has 6 nitrogen and oxygen atoms in total. The van der Waals surface area contributed by atoms with Gasteiger partial charge in [0.05, 0.1) is 0 Å². The van der Waals surface area contributed by atoms with Crippen molar-refractivity contribution in [3.8, 4) is 0 Å². The van der Waals surface area contributed by atoms with Gasteiger partial charge in [0, 0.05) is 11.8 Å². The van der Waals surface area contributed by atoms with Gasteiger partial charge in [-0.2, -0.15) is 9.58 Å². The highest BCUT2D eigenvalue weighted by Gasteiger charge is 2.34. The average molecular weight is 302 g/mol. The lowest BCUT2D eigenvalue weighted by molar-refractivity contribution is -0.122. The first kappa shape index (κ1) is 16.5. The van der Waals surface area contributed by atoms with Crippen molar-refractivity contribution < 1.29 is 19.2 Å². The number of nitrogens with zero attached hydrogens (tertiary/aromatic N) is 4. The van der Waals surface area contributed by atoms with Gasteiger partial charge in [0.2, 0.25) is 11.6 Å². The number of hydrogen-bond acceptors (Lipinski definition) is 2. The first-order valence-electron chi connectivity index (χ1n) is 8.08. The molecule has 2 aliphatic rings. The molecule has 6 heteroatoms. The monoisotopic (exact) mass is 302 g/mol. The standard InChI is InChI=1S/C16H22N4O2/c17-19-9-15(21)13-5-1-11(2-6-13)12-3-7-14(8-4-12)16(22)10-20-18/h9-14H,1-8H2. The van der Waals surface area contributed by atoms with Crippen LogP contribution in [0.5, 0.6) is 0 Å². The zero-order chi connectivity index (χ0) is 15.9. The summed E-state index contributed by atoms with van der Waals surface area (Å²) in [5, 5.41) is 0. The summed E-state index contributed by atoms with van der Waals surface area (Å²) in [5.41, 5.74) is 16.9. The Morgan fingerprint density at radius 3 is 1.27 bits per heavy atom. The lowest BCUT2D eigenvalue weighted by Gasteiger charge is -2.36. The number of carbonyl (C=O) groups excluding carboxylic acids is 2. The molecule has 2 saturated carbocycles. The maximum absolute atomic E-state index is 11.7. The number of rotatable bonds is 5. The van der Waals surface area contributed by atoms with Gasteiger partial charge in [0.25, 0.3) is 0 Å². The lowest BCUT2D eigenvalue weighted by atomic mass is 9.68. The third-order valence-electron chi connectivity index (χ3n) is 5.39. The number of Topliss-reactive ketones (excluding diaryl/α,β-unsaturated/α-hetero) is 2. The van der Waals surface area contributed by atoms with E-state index in [2.05, 4.69) is 9.58 Å². The second kappa shape index (κ2) is 7.92. The summed E-state index contributed by atoms with van der Waals surface area (Å²) in [4.78, 5) is 29.0. The summed E-state index contributed by atoms with van der Waals surface area (Å²) >= 11 is 0. The van der Waals surface area contributed by atoms with Gasteiger partial charge in [-0.25, -0.2) is 0 Å². The largest absolute Gasteiger partial charge is 0.361 e. The van der Waals surface area contributed by atoms with Crippen molar-refractivity contribution in [2.45, 2.75) is 51.4 Å². The van der Waals surface area contributed by atoms with Crippen molar-refractivity contribution in [1.29, 1.82) is 0 Å². The van der Waals surface area contributed by atoms with Crippen LogP contribution in [0.25, 0.3) is 11.1 Å². The van der Waals surface area contributed by atoms with Crippen molar-refractivity contribution in [2.24, 2.45) is 23.7 Å². The molecule has 0 aromatic carbocycles. The zero-order valence-corrected chi connectivity index (χ0v) is 12.7. The molecular weight excluding hydrogens is 280 g/mol. The summed E-state index contributed by atoms with van der Waals surface area (Å²) < 4.78 is 0. The second-order valence-corrected chi connectivity index (χ2v) is 6.52. The Labute approximate surface area is 130 Å². The Bertz CT molecular complexity index is 468. The van der Waals surface area contributed by atoms with Crippen LogP contribution in [0.15, 0.2) is 0 Å². The highest BCUT2D eigenvalue weighted by atomic mass is 16.1. The molecule has 118 valence electrons. The highest BCUT2D eigenvalue weighted by Crippen LogP contribution is 2.41. The van der Waals surface area contributed by atoms with Gasteiger partial charge in [-0.05, 0) is 63.2 Å². The maximum atomic E-state index is 11.7. The Morgan fingerprint density at radius 2 is 1.00 bits per heavy atom. The van der Waals surface area contributed by atoms with Crippen molar-refractivity contribution in [1.82, 2.24) is 0 Å². The van der Waals surface area contributed by atoms with Crippen LogP contribution in [0.2, 0.25) is 0 Å². The smallest absolute Gasteiger partial charge is 0.323 e. The molecule has 0 bridgehead atoms. The Morgan fingerprint density at radius 1 is 0.682 bits per heavy atom. The van der Waals surface area contributed by atoms with Crippen molar-refractivity contribution in [2.75, 3.05) is 0 Å². The molecule has 0 atom stereocenters. The van der Waals surface area contributed by atoms with E-state index in [0.717, 1.165) is 63.8 Å². The quantitative estimate of drug-likeness (QED) is 0.441. The van der Waals surface area contributed by atoms with Crippen molar-refractivity contribution >= 4 is 24.0 Å². The first-order valence-corrected chi connectivity index (χ1v) is 8.08. The first-order chi connectivity index (χ1) is 10.7. The van der Waals surface area contributed by atoms with E-state index in [1.54, 1.807) is 0 Å². The highest BCUT2D eigenvalue weighted by molar-refractivity contribution is 6.26. The minimum atomic E-state index is -0.0708. The molecule has 2 fully saturated rings. The number of hydrogen-bond donors (Lipinski definition) is 0. The molecule has 22 heavy (non-hydrogen) atoms. The molecule has 0 N–H and O–H groups in total. The predicted octanol–water partition coefficient (Wildman–Crippen LogP) is 2.34. The third-order valence-corrected chi connectivity index (χ3v) is 5.39. The maximum Gasteiger partial charge on any atom is 0.323 e. The van der Waals surface area contributed by atoms with Gasteiger partial charge in [0.15, 0.2) is 0 Å². The Hall–Kier alpha value is -1.90. The molecule has 2 rings (SSSR count). The van der Waals surface area contributed by atoms with E-state index in [4.69, 9.17) is 11.1 Å². The zero-order valence-electron chi connectivity index (χ0n) is 12.7. The van der Waals surface area contributed by atoms with E-state index in [9.17, 15) is 9.59 Å². The number of ketones is 2. The van der Waals surface area contributed by atoms with Gasteiger partial charge in [-0.15, -0.1) is 0 Å². The Kier molecular flexibility index (Phi) is 5.93. The molecule has 0 spiro atoms. The Balaban J connectivity index is 1.79. The SMILES string of the molecule is [N-]=[N+]=CC(=O)C1CCC(C2CCC(C(=O)C=[N+]=[N-])CC2)CC1. The van der Waals surface area contributed by atoms with Crippen LogP contribution in [-0.4, -0.2) is 33.6 Å². The topological polar surface area (TPSA) is 107 Å². The fourth-order valence-corrected chi connectivity index (χ4v) is 4.07. The molecule has 2 aliphatic carbocycles. The molecule has 0 aromatic heterocycles. The summed E-state index contributed by atoms with van der Waals surface area (Å²) in [7, 11) is 0. The van der Waals surface area contributed by atoms with Crippen LogP contribution in [0.1, 0.15) is 51.4 Å². The van der Waals surface area contributed by atoms with Crippen molar-refractivity contribution in [3.05, 3.63) is 11.1 Å². The minimum Gasteiger partial charge on any atom is -0.361 e. The van der Waals surface area contributed by atoms with Gasteiger partial charge in [-0.3, -0.25) is 9.59 Å². The summed E-state index contributed by atoms with van der Waals surface area (Å²) in [6.45, 7) is 0. The molecule has 0 heterocycles. The van der Waals surface area contributed by atoms with Crippen LogP contribution < -0.4 is 0 Å². The van der Waals surface area contributed by atoms with E-state index >= 15 is 0 Å². The van der Waals surface area contributed by atoms with Crippen LogP contribution in [-0.2, 0) is 9.59 Å². The average Bonchev–Trinajstić information content (AvgIpc) is 2.55. The van der Waals surface area contributed by atoms with E-state index in [1.165, 1.54) is 0 Å². The van der Waals surface area contributed by atoms with Gasteiger partial charge in [0.1, 0.15) is 0 Å². The van der Waals surface area contributed by atoms with E-state index in [0.29, 0.717) is 11.8 Å². The van der Waals surface area contributed by atoms with Gasteiger partial charge < -0.3 is 11.1 Å². The fraction of sp³-hybridized carbons (Fsp3) is 0.750. The minimum absolute atomic E-state index is 0.00540. The summed E-state index contributed by atoms with van der Waals surface area (Å²) in [6.07, 6.45) is 9.66. The normalized spacial score (nSPS) is 31.5. The molecule has 0 amide bonds. The van der Waals surface area contributed by atoms with E-state index in [-0.39, 0.29) is 23.4 Å². The second-order valence-electron chi connectivity index (χ2n) is 6.52. The fourth-order valence-electron chi connectivity index (χ4n) is 4.07. The van der Waals surface area contributed by atoms with Crippen LogP contribution in [0, 0.1) is 23.7 Å². The number of carbonyl (C=O) groups is 2.